The van der Waals surface area contributed by atoms with E-state index in [1.54, 1.807) is 60.7 Å². The van der Waals surface area contributed by atoms with Gasteiger partial charge in [-0.2, -0.15) is 0 Å². The molecule has 2 rings (SSSR count). The Balaban J connectivity index is 2.55. The predicted molar refractivity (Wildman–Crippen MR) is 65.3 cm³/mol. The normalized spacial score (nSPS) is 13.4. The minimum absolute atomic E-state index is 0.348. The van der Waals surface area contributed by atoms with Gasteiger partial charge in [0.2, 0.25) is 0 Å². The third-order valence-corrected chi connectivity index (χ3v) is 2.94. The largest absolute Gasteiger partial charge is 0.243 e. The van der Waals surface area contributed by atoms with Crippen LogP contribution in [0.5, 0.6) is 0 Å². The molecule has 2 aromatic carbocycles. The Morgan fingerprint density at radius 3 is 1.47 bits per heavy atom. The predicted octanol–water partition coefficient (Wildman–Crippen LogP) is 4.26. The minimum Gasteiger partial charge on any atom is -0.243 e. The minimum atomic E-state index is -2.08. The van der Waals surface area contributed by atoms with Crippen molar-refractivity contribution in [3.63, 3.8) is 0 Å². The maximum absolute atomic E-state index is 15.0. The summed E-state index contributed by atoms with van der Waals surface area (Å²) in [6.07, 6.45) is -1.60. The van der Waals surface area contributed by atoms with Gasteiger partial charge < -0.3 is 0 Å². The summed E-state index contributed by atoms with van der Waals surface area (Å²) < 4.78 is 28.8. The Hall–Kier alpha value is -1.70. The summed E-state index contributed by atoms with van der Waals surface area (Å²) in [5, 5.41) is 0. The molecule has 0 aliphatic carbocycles. The molecular weight excluding hydrogens is 218 g/mol. The van der Waals surface area contributed by atoms with Gasteiger partial charge in [-0.1, -0.05) is 60.7 Å². The van der Waals surface area contributed by atoms with Crippen LogP contribution in [-0.4, -0.2) is 6.17 Å². The van der Waals surface area contributed by atoms with Crippen LogP contribution in [0.1, 0.15) is 18.1 Å². The Morgan fingerprint density at radius 1 is 0.824 bits per heavy atom. The second-order valence-electron chi connectivity index (χ2n) is 4.06. The number of hydrogen-bond acceptors (Lipinski definition) is 0. The zero-order chi connectivity index (χ0) is 12.3. The van der Waals surface area contributed by atoms with E-state index in [9.17, 15) is 4.39 Å². The van der Waals surface area contributed by atoms with Gasteiger partial charge in [-0.15, -0.1) is 0 Å². The molecule has 0 saturated carbocycles. The molecular formula is C15H14F2. The van der Waals surface area contributed by atoms with Gasteiger partial charge >= 0.3 is 0 Å². The van der Waals surface area contributed by atoms with Gasteiger partial charge in [0.05, 0.1) is 0 Å². The van der Waals surface area contributed by atoms with Crippen LogP contribution in [-0.2, 0) is 5.67 Å². The molecule has 0 spiro atoms. The first kappa shape index (κ1) is 11.8. The average molecular weight is 232 g/mol. The Bertz CT molecular complexity index is 423. The van der Waals surface area contributed by atoms with Gasteiger partial charge in [0, 0.05) is 0 Å². The summed E-state index contributed by atoms with van der Waals surface area (Å²) in [5.74, 6) is 0. The first-order valence-corrected chi connectivity index (χ1v) is 5.59. The highest BCUT2D eigenvalue weighted by molar-refractivity contribution is 5.37. The summed E-state index contributed by atoms with van der Waals surface area (Å²) in [4.78, 5) is 0. The summed E-state index contributed by atoms with van der Waals surface area (Å²) in [7, 11) is 0. The second-order valence-corrected chi connectivity index (χ2v) is 4.06. The number of benzene rings is 2. The molecule has 1 atom stereocenters. The van der Waals surface area contributed by atoms with Crippen molar-refractivity contribution in [2.24, 2.45) is 0 Å². The van der Waals surface area contributed by atoms with Crippen molar-refractivity contribution >= 4 is 0 Å². The average Bonchev–Trinajstić information content (AvgIpc) is 2.39. The molecule has 0 radical (unpaired) electrons. The van der Waals surface area contributed by atoms with Crippen LogP contribution in [0, 0.1) is 0 Å². The lowest BCUT2D eigenvalue weighted by Gasteiger charge is -2.27. The van der Waals surface area contributed by atoms with E-state index in [4.69, 9.17) is 0 Å². The fraction of sp³-hybridized carbons (Fsp3) is 0.200. The standard InChI is InChI=1S/C15H14F2/c1-12(16)15(17,13-8-4-2-5-9-13)14-10-6-3-7-11-14/h2-12H,1H3/t12-/m1/s1. The van der Waals surface area contributed by atoms with Crippen LogP contribution in [0.2, 0.25) is 0 Å². The lowest BCUT2D eigenvalue weighted by Crippen LogP contribution is -2.31. The maximum Gasteiger partial charge on any atom is 0.191 e. The zero-order valence-electron chi connectivity index (χ0n) is 9.61. The Morgan fingerprint density at radius 2 is 1.18 bits per heavy atom. The van der Waals surface area contributed by atoms with E-state index in [0.29, 0.717) is 11.1 Å². The lowest BCUT2D eigenvalue weighted by atomic mass is 9.85. The molecule has 0 bridgehead atoms. The molecule has 0 saturated heterocycles. The van der Waals surface area contributed by atoms with E-state index in [-0.39, 0.29) is 0 Å². The molecule has 0 aromatic heterocycles. The molecule has 2 aromatic rings. The van der Waals surface area contributed by atoms with Gasteiger partial charge in [-0.05, 0) is 18.1 Å². The quantitative estimate of drug-likeness (QED) is 0.741. The Kier molecular flexibility index (Phi) is 3.23. The summed E-state index contributed by atoms with van der Waals surface area (Å²) in [6.45, 7) is 1.25. The van der Waals surface area contributed by atoms with Crippen molar-refractivity contribution in [1.82, 2.24) is 0 Å². The molecule has 0 N–H and O–H groups in total. The monoisotopic (exact) mass is 232 g/mol. The molecule has 0 aliphatic heterocycles. The molecule has 0 amide bonds. The molecule has 0 fully saturated rings. The number of halogens is 2. The van der Waals surface area contributed by atoms with Crippen LogP contribution in [0.3, 0.4) is 0 Å². The molecule has 0 aliphatic rings. The molecule has 0 nitrogen and oxygen atoms in total. The van der Waals surface area contributed by atoms with Crippen molar-refractivity contribution in [3.8, 4) is 0 Å². The first-order valence-electron chi connectivity index (χ1n) is 5.59. The van der Waals surface area contributed by atoms with E-state index in [0.717, 1.165) is 0 Å². The smallest absolute Gasteiger partial charge is 0.191 e. The SMILES string of the molecule is C[C@@H](F)C(F)(c1ccccc1)c1ccccc1. The second kappa shape index (κ2) is 4.66. The summed E-state index contributed by atoms with van der Waals surface area (Å²) in [6, 6.07) is 16.9. The number of alkyl halides is 2. The van der Waals surface area contributed by atoms with Crippen molar-refractivity contribution < 1.29 is 8.78 Å². The van der Waals surface area contributed by atoms with E-state index in [1.807, 2.05) is 0 Å². The van der Waals surface area contributed by atoms with Crippen LogP contribution < -0.4 is 0 Å². The zero-order valence-corrected chi connectivity index (χ0v) is 9.61. The van der Waals surface area contributed by atoms with Gasteiger partial charge in [0.25, 0.3) is 0 Å². The molecule has 0 unspecified atom stereocenters. The molecule has 88 valence electrons. The maximum atomic E-state index is 15.0. The highest BCUT2D eigenvalue weighted by atomic mass is 19.2. The van der Waals surface area contributed by atoms with Crippen molar-refractivity contribution in [1.29, 1.82) is 0 Å². The fourth-order valence-corrected chi connectivity index (χ4v) is 1.99. The summed E-state index contributed by atoms with van der Waals surface area (Å²) >= 11 is 0. The van der Waals surface area contributed by atoms with Crippen LogP contribution >= 0.6 is 0 Å². The number of hydrogen-bond donors (Lipinski definition) is 0. The van der Waals surface area contributed by atoms with Gasteiger partial charge in [-0.3, -0.25) is 0 Å². The summed E-state index contributed by atoms with van der Waals surface area (Å²) in [5.41, 5.74) is -1.38. The van der Waals surface area contributed by atoms with Crippen molar-refractivity contribution in [2.45, 2.75) is 18.8 Å². The third-order valence-electron chi connectivity index (χ3n) is 2.94. The van der Waals surface area contributed by atoms with Gasteiger partial charge in [0.1, 0.15) is 6.17 Å². The van der Waals surface area contributed by atoms with Crippen LogP contribution in [0.15, 0.2) is 60.7 Å². The molecule has 0 heterocycles. The van der Waals surface area contributed by atoms with Gasteiger partial charge in [-0.25, -0.2) is 8.78 Å². The topological polar surface area (TPSA) is 0 Å². The molecule has 17 heavy (non-hydrogen) atoms. The lowest BCUT2D eigenvalue weighted by molar-refractivity contribution is 0.0988. The molecule has 2 heteroatoms. The van der Waals surface area contributed by atoms with E-state index in [2.05, 4.69) is 0 Å². The Labute approximate surface area is 99.9 Å². The van der Waals surface area contributed by atoms with Crippen LogP contribution in [0.4, 0.5) is 8.78 Å². The first-order chi connectivity index (χ1) is 8.15. The van der Waals surface area contributed by atoms with E-state index >= 15 is 4.39 Å². The number of rotatable bonds is 3. The van der Waals surface area contributed by atoms with Gasteiger partial charge in [0.15, 0.2) is 5.67 Å². The van der Waals surface area contributed by atoms with Crippen LogP contribution in [0.25, 0.3) is 0 Å². The highest BCUT2D eigenvalue weighted by Gasteiger charge is 2.40. The van der Waals surface area contributed by atoms with Crippen molar-refractivity contribution in [2.75, 3.05) is 0 Å². The fourth-order valence-electron chi connectivity index (χ4n) is 1.99. The van der Waals surface area contributed by atoms with Crippen molar-refractivity contribution in [3.05, 3.63) is 71.8 Å². The van der Waals surface area contributed by atoms with E-state index in [1.165, 1.54) is 6.92 Å². The van der Waals surface area contributed by atoms with E-state index < -0.39 is 11.8 Å². The highest BCUT2D eigenvalue weighted by Crippen LogP contribution is 2.38. The third kappa shape index (κ3) is 2.07.